The van der Waals surface area contributed by atoms with Crippen molar-refractivity contribution < 1.29 is 14.3 Å². The van der Waals surface area contributed by atoms with E-state index in [-0.39, 0.29) is 18.0 Å². The van der Waals surface area contributed by atoms with Crippen molar-refractivity contribution in [3.8, 4) is 5.75 Å². The van der Waals surface area contributed by atoms with E-state index in [0.29, 0.717) is 29.7 Å². The number of nitrogens with two attached hydrogens (primary N) is 1. The van der Waals surface area contributed by atoms with E-state index in [0.717, 1.165) is 23.6 Å². The third-order valence-electron chi connectivity index (χ3n) is 5.88. The van der Waals surface area contributed by atoms with E-state index in [1.54, 1.807) is 43.5 Å². The zero-order valence-electron chi connectivity index (χ0n) is 16.0. The van der Waals surface area contributed by atoms with Crippen LogP contribution in [0.1, 0.15) is 27.1 Å². The Labute approximate surface area is 167 Å². The Morgan fingerprint density at radius 2 is 1.93 bits per heavy atom. The number of hydrogen-bond acceptors (Lipinski definition) is 5. The SMILES string of the molecule is COc1ccc(C(=O)N2C[C@H]3C[C@H]2CN3c2nc3c(C(N)=O)cccc3[nH]2)cc1. The van der Waals surface area contributed by atoms with Crippen molar-refractivity contribution in [1.29, 1.82) is 0 Å². The number of hydrogen-bond donors (Lipinski definition) is 2. The highest BCUT2D eigenvalue weighted by molar-refractivity contribution is 6.04. The molecule has 1 aromatic heterocycles. The Morgan fingerprint density at radius 1 is 1.14 bits per heavy atom. The molecule has 0 aliphatic carbocycles. The number of amides is 2. The number of aromatic nitrogens is 2. The lowest BCUT2D eigenvalue weighted by Crippen LogP contribution is -2.49. The second-order valence-corrected chi connectivity index (χ2v) is 7.51. The third kappa shape index (κ3) is 2.79. The van der Waals surface area contributed by atoms with Gasteiger partial charge >= 0.3 is 0 Å². The summed E-state index contributed by atoms with van der Waals surface area (Å²) in [7, 11) is 1.61. The van der Waals surface area contributed by atoms with Gasteiger partial charge in [0.1, 0.15) is 11.3 Å². The number of piperazine rings is 1. The Bertz CT molecular complexity index is 1110. The summed E-state index contributed by atoms with van der Waals surface area (Å²) in [5.41, 5.74) is 7.91. The number of anilines is 1. The third-order valence-corrected chi connectivity index (χ3v) is 5.88. The van der Waals surface area contributed by atoms with Gasteiger partial charge in [0.2, 0.25) is 5.95 Å². The van der Waals surface area contributed by atoms with Crippen LogP contribution in [0.3, 0.4) is 0 Å². The van der Waals surface area contributed by atoms with Crippen molar-refractivity contribution in [3.05, 3.63) is 53.6 Å². The summed E-state index contributed by atoms with van der Waals surface area (Å²) < 4.78 is 5.16. The normalized spacial score (nSPS) is 20.4. The molecule has 2 atom stereocenters. The summed E-state index contributed by atoms with van der Waals surface area (Å²) in [6.07, 6.45) is 0.904. The lowest BCUT2D eigenvalue weighted by Gasteiger charge is -2.34. The molecule has 0 radical (unpaired) electrons. The highest BCUT2D eigenvalue weighted by Gasteiger charge is 2.46. The van der Waals surface area contributed by atoms with Crippen molar-refractivity contribution in [2.75, 3.05) is 25.1 Å². The van der Waals surface area contributed by atoms with Crippen molar-refractivity contribution >= 4 is 28.8 Å². The van der Waals surface area contributed by atoms with Crippen molar-refractivity contribution in [1.82, 2.24) is 14.9 Å². The number of likely N-dealkylation sites (tertiary alicyclic amines) is 1. The van der Waals surface area contributed by atoms with Gasteiger partial charge in [-0.05, 0) is 42.8 Å². The fourth-order valence-electron chi connectivity index (χ4n) is 4.43. The zero-order valence-corrected chi connectivity index (χ0v) is 16.0. The molecule has 2 aromatic carbocycles. The molecule has 5 rings (SSSR count). The number of fused-ring (bicyclic) bond motifs is 3. The summed E-state index contributed by atoms with van der Waals surface area (Å²) in [5.74, 6) is 1.00. The average molecular weight is 391 g/mol. The van der Waals surface area contributed by atoms with Crippen LogP contribution in [0, 0.1) is 0 Å². The van der Waals surface area contributed by atoms with Crippen LogP contribution in [-0.2, 0) is 0 Å². The molecule has 29 heavy (non-hydrogen) atoms. The number of para-hydroxylation sites is 1. The Hall–Kier alpha value is -3.55. The molecule has 0 spiro atoms. The number of nitrogens with one attached hydrogen (secondary N) is 1. The quantitative estimate of drug-likeness (QED) is 0.705. The van der Waals surface area contributed by atoms with Gasteiger partial charge < -0.3 is 25.3 Å². The Morgan fingerprint density at radius 3 is 2.59 bits per heavy atom. The van der Waals surface area contributed by atoms with E-state index >= 15 is 0 Å². The highest BCUT2D eigenvalue weighted by Crippen LogP contribution is 2.35. The van der Waals surface area contributed by atoms with Crippen LogP contribution in [-0.4, -0.2) is 59.0 Å². The molecular weight excluding hydrogens is 370 g/mol. The molecule has 3 heterocycles. The van der Waals surface area contributed by atoms with Crippen LogP contribution in [0.4, 0.5) is 5.95 Å². The van der Waals surface area contributed by atoms with E-state index in [4.69, 9.17) is 10.5 Å². The molecule has 0 saturated carbocycles. The number of H-pyrrole nitrogens is 1. The van der Waals surface area contributed by atoms with Gasteiger partial charge in [0, 0.05) is 18.7 Å². The fraction of sp³-hybridized carbons (Fsp3) is 0.286. The predicted octanol–water partition coefficient (Wildman–Crippen LogP) is 1.77. The minimum Gasteiger partial charge on any atom is -0.497 e. The van der Waals surface area contributed by atoms with Gasteiger partial charge in [0.15, 0.2) is 0 Å². The first-order valence-corrected chi connectivity index (χ1v) is 9.55. The van der Waals surface area contributed by atoms with Crippen LogP contribution in [0.15, 0.2) is 42.5 Å². The summed E-state index contributed by atoms with van der Waals surface area (Å²) in [4.78, 5) is 36.7. The van der Waals surface area contributed by atoms with Crippen LogP contribution in [0.2, 0.25) is 0 Å². The number of imidazole rings is 1. The van der Waals surface area contributed by atoms with Gasteiger partial charge in [-0.15, -0.1) is 0 Å². The molecule has 8 heteroatoms. The van der Waals surface area contributed by atoms with Gasteiger partial charge in [-0.3, -0.25) is 9.59 Å². The maximum absolute atomic E-state index is 12.9. The van der Waals surface area contributed by atoms with E-state index < -0.39 is 5.91 Å². The minimum absolute atomic E-state index is 0.0421. The van der Waals surface area contributed by atoms with Crippen LogP contribution < -0.4 is 15.4 Å². The highest BCUT2D eigenvalue weighted by atomic mass is 16.5. The Kier molecular flexibility index (Phi) is 3.94. The smallest absolute Gasteiger partial charge is 0.254 e. The predicted molar refractivity (Wildman–Crippen MR) is 108 cm³/mol. The first-order valence-electron chi connectivity index (χ1n) is 9.55. The first-order chi connectivity index (χ1) is 14.0. The van der Waals surface area contributed by atoms with Crippen LogP contribution >= 0.6 is 0 Å². The first kappa shape index (κ1) is 17.5. The zero-order chi connectivity index (χ0) is 20.1. The second-order valence-electron chi connectivity index (χ2n) is 7.51. The van der Waals surface area contributed by atoms with E-state index in [1.165, 1.54) is 0 Å². The molecule has 2 aliphatic rings. The molecular formula is C21H21N5O3. The summed E-state index contributed by atoms with van der Waals surface area (Å²) in [5, 5.41) is 0. The summed E-state index contributed by atoms with van der Waals surface area (Å²) in [6.45, 7) is 1.35. The monoisotopic (exact) mass is 391 g/mol. The summed E-state index contributed by atoms with van der Waals surface area (Å²) >= 11 is 0. The van der Waals surface area contributed by atoms with Crippen LogP contribution in [0.5, 0.6) is 5.75 Å². The average Bonchev–Trinajstić information content (AvgIpc) is 3.46. The fourth-order valence-corrected chi connectivity index (χ4v) is 4.43. The lowest BCUT2D eigenvalue weighted by molar-refractivity contribution is 0.0725. The lowest BCUT2D eigenvalue weighted by atomic mass is 10.1. The number of nitrogens with zero attached hydrogens (tertiary/aromatic N) is 3. The molecule has 0 unspecified atom stereocenters. The molecule has 2 bridgehead atoms. The van der Waals surface area contributed by atoms with Crippen LogP contribution in [0.25, 0.3) is 11.0 Å². The Balaban J connectivity index is 1.36. The molecule has 148 valence electrons. The van der Waals surface area contributed by atoms with Crippen molar-refractivity contribution in [3.63, 3.8) is 0 Å². The standard InChI is InChI=1S/C21H21N5O3/c1-29-15-7-5-12(6-8-15)20(28)25-10-14-9-13(25)11-26(14)21-23-17-4-2-3-16(19(22)27)18(17)24-21/h2-8,13-14H,9-11H2,1H3,(H2,22,27)(H,23,24)/t13-,14+/m0/s1. The van der Waals surface area contributed by atoms with E-state index in [9.17, 15) is 9.59 Å². The number of methoxy groups -OCH3 is 1. The maximum atomic E-state index is 12.9. The number of carbonyl (C=O) groups is 2. The molecule has 2 fully saturated rings. The van der Waals surface area contributed by atoms with Crippen molar-refractivity contribution in [2.45, 2.75) is 18.5 Å². The minimum atomic E-state index is -0.493. The van der Waals surface area contributed by atoms with Gasteiger partial charge in [-0.2, -0.15) is 0 Å². The molecule has 3 aromatic rings. The van der Waals surface area contributed by atoms with Gasteiger partial charge in [-0.1, -0.05) is 6.07 Å². The number of primary amides is 1. The second kappa shape index (κ2) is 6.51. The van der Waals surface area contributed by atoms with Gasteiger partial charge in [0.25, 0.3) is 11.8 Å². The van der Waals surface area contributed by atoms with E-state index in [2.05, 4.69) is 14.9 Å². The molecule has 2 amide bonds. The number of carbonyl (C=O) groups excluding carboxylic acids is 2. The molecule has 8 nitrogen and oxygen atoms in total. The van der Waals surface area contributed by atoms with Gasteiger partial charge in [0.05, 0.1) is 30.3 Å². The molecule has 3 N–H and O–H groups in total. The molecule has 2 aliphatic heterocycles. The summed E-state index contributed by atoms with van der Waals surface area (Å²) in [6, 6.07) is 12.9. The van der Waals surface area contributed by atoms with Crippen molar-refractivity contribution in [2.24, 2.45) is 5.73 Å². The maximum Gasteiger partial charge on any atom is 0.254 e. The number of benzene rings is 2. The number of ether oxygens (including phenoxy) is 1. The van der Waals surface area contributed by atoms with E-state index in [1.807, 2.05) is 11.0 Å². The molecule has 2 saturated heterocycles. The topological polar surface area (TPSA) is 105 Å². The van der Waals surface area contributed by atoms with Gasteiger partial charge in [-0.25, -0.2) is 4.98 Å². The largest absolute Gasteiger partial charge is 0.497 e. The number of rotatable bonds is 4. The number of aromatic amines is 1.